The van der Waals surface area contributed by atoms with Gasteiger partial charge in [0.1, 0.15) is 0 Å². The van der Waals surface area contributed by atoms with Crippen LogP contribution in [0.1, 0.15) is 29.5 Å². The number of aliphatic imine (C=N–C) groups is 1. The molecule has 1 saturated carbocycles. The van der Waals surface area contributed by atoms with Crippen molar-refractivity contribution in [3.63, 3.8) is 0 Å². The van der Waals surface area contributed by atoms with Gasteiger partial charge in [-0.3, -0.25) is 0 Å². The second-order valence-electron chi connectivity index (χ2n) is 4.64. The highest BCUT2D eigenvalue weighted by atomic mass is 16.7. The largest absolute Gasteiger partial charge is 0.454 e. The molecular weight excluding hydrogens is 218 g/mol. The number of nitrogens with zero attached hydrogens (tertiary/aromatic N) is 1. The van der Waals surface area contributed by atoms with Crippen molar-refractivity contribution in [1.29, 1.82) is 0 Å². The monoisotopic (exact) mass is 231 g/mol. The summed E-state index contributed by atoms with van der Waals surface area (Å²) in [6, 6.07) is 1.96. The first kappa shape index (κ1) is 10.4. The number of isocyanates is 1. The Bertz CT molecular complexity index is 540. The van der Waals surface area contributed by atoms with E-state index in [9.17, 15) is 4.79 Å². The Morgan fingerprint density at radius 3 is 2.71 bits per heavy atom. The highest BCUT2D eigenvalue weighted by Crippen LogP contribution is 2.53. The minimum atomic E-state index is -0.350. The molecule has 0 amide bonds. The molecule has 17 heavy (non-hydrogen) atoms. The molecule has 0 saturated heterocycles. The summed E-state index contributed by atoms with van der Waals surface area (Å²) < 4.78 is 10.8. The number of rotatable bonds is 2. The molecule has 1 heterocycles. The Kier molecular flexibility index (Phi) is 2.04. The van der Waals surface area contributed by atoms with Crippen LogP contribution in [0.4, 0.5) is 0 Å². The average molecular weight is 231 g/mol. The van der Waals surface area contributed by atoms with Gasteiger partial charge in [-0.1, -0.05) is 0 Å². The third-order valence-electron chi connectivity index (χ3n) is 3.71. The van der Waals surface area contributed by atoms with Gasteiger partial charge in [-0.05, 0) is 49.4 Å². The Morgan fingerprint density at radius 1 is 1.29 bits per heavy atom. The lowest BCUT2D eigenvalue weighted by molar-refractivity contribution is 0.173. The number of hydrogen-bond donors (Lipinski definition) is 0. The van der Waals surface area contributed by atoms with Gasteiger partial charge in [0.15, 0.2) is 11.5 Å². The molecule has 0 N–H and O–H groups in total. The lowest BCUT2D eigenvalue weighted by Gasteiger charge is -2.15. The van der Waals surface area contributed by atoms with E-state index in [0.717, 1.165) is 41.0 Å². The van der Waals surface area contributed by atoms with Crippen LogP contribution in [0.15, 0.2) is 11.1 Å². The van der Waals surface area contributed by atoms with E-state index in [0.29, 0.717) is 0 Å². The molecule has 0 spiro atoms. The molecule has 1 aromatic carbocycles. The second kappa shape index (κ2) is 3.34. The normalized spacial score (nSPS) is 18.7. The first-order chi connectivity index (χ1) is 8.18. The summed E-state index contributed by atoms with van der Waals surface area (Å²) in [5.74, 6) is 1.58. The molecule has 0 atom stereocenters. The second-order valence-corrected chi connectivity index (χ2v) is 4.64. The van der Waals surface area contributed by atoms with Crippen LogP contribution in [0.5, 0.6) is 11.5 Å². The Hall–Kier alpha value is -1.80. The first-order valence-electron chi connectivity index (χ1n) is 5.67. The maximum atomic E-state index is 10.5. The van der Waals surface area contributed by atoms with Crippen molar-refractivity contribution in [2.75, 3.05) is 6.79 Å². The van der Waals surface area contributed by atoms with Gasteiger partial charge in [-0.15, -0.1) is 0 Å². The minimum absolute atomic E-state index is 0.267. The van der Waals surface area contributed by atoms with Crippen LogP contribution in [0.3, 0.4) is 0 Å². The van der Waals surface area contributed by atoms with Crippen molar-refractivity contribution in [3.8, 4) is 11.5 Å². The zero-order valence-electron chi connectivity index (χ0n) is 9.87. The predicted octanol–water partition coefficient (Wildman–Crippen LogP) is 2.36. The van der Waals surface area contributed by atoms with Crippen LogP contribution in [-0.2, 0) is 10.3 Å². The van der Waals surface area contributed by atoms with Crippen LogP contribution >= 0.6 is 0 Å². The van der Waals surface area contributed by atoms with E-state index < -0.39 is 0 Å². The Morgan fingerprint density at radius 2 is 2.06 bits per heavy atom. The maximum Gasteiger partial charge on any atom is 0.235 e. The van der Waals surface area contributed by atoms with E-state index in [1.54, 1.807) is 6.08 Å². The quantitative estimate of drug-likeness (QED) is 0.580. The van der Waals surface area contributed by atoms with Gasteiger partial charge in [0, 0.05) is 0 Å². The van der Waals surface area contributed by atoms with E-state index in [-0.39, 0.29) is 12.3 Å². The average Bonchev–Trinajstić information content (AvgIpc) is 2.92. The fraction of sp³-hybridized carbons (Fsp3) is 0.462. The van der Waals surface area contributed by atoms with Gasteiger partial charge >= 0.3 is 0 Å². The molecule has 3 rings (SSSR count). The van der Waals surface area contributed by atoms with Gasteiger partial charge < -0.3 is 9.47 Å². The van der Waals surface area contributed by atoms with Gasteiger partial charge in [-0.2, -0.15) is 4.99 Å². The minimum Gasteiger partial charge on any atom is -0.454 e. The van der Waals surface area contributed by atoms with E-state index in [4.69, 9.17) is 9.47 Å². The summed E-state index contributed by atoms with van der Waals surface area (Å²) in [7, 11) is 0. The summed E-state index contributed by atoms with van der Waals surface area (Å²) in [6.45, 7) is 4.31. The van der Waals surface area contributed by atoms with Gasteiger partial charge in [0.25, 0.3) is 0 Å². The predicted molar refractivity (Wildman–Crippen MR) is 61.1 cm³/mol. The molecule has 1 aromatic rings. The molecule has 1 fully saturated rings. The highest BCUT2D eigenvalue weighted by molar-refractivity contribution is 5.58. The fourth-order valence-electron chi connectivity index (χ4n) is 2.43. The molecular formula is C13H13NO3. The van der Waals surface area contributed by atoms with Crippen LogP contribution in [0.25, 0.3) is 0 Å². The summed E-state index contributed by atoms with van der Waals surface area (Å²) in [5.41, 5.74) is 2.92. The molecule has 0 radical (unpaired) electrons. The Balaban J connectivity index is 2.19. The zero-order chi connectivity index (χ0) is 12.0. The van der Waals surface area contributed by atoms with Crippen molar-refractivity contribution in [3.05, 3.63) is 22.8 Å². The number of carbonyl (C=O) groups excluding carboxylic acids is 1. The number of hydrogen-bond acceptors (Lipinski definition) is 4. The van der Waals surface area contributed by atoms with E-state index in [2.05, 4.69) is 4.99 Å². The third kappa shape index (κ3) is 1.38. The van der Waals surface area contributed by atoms with E-state index >= 15 is 0 Å². The fourth-order valence-corrected chi connectivity index (χ4v) is 2.43. The number of fused-ring (bicyclic) bond motifs is 1. The lowest BCUT2D eigenvalue weighted by atomic mass is 9.95. The van der Waals surface area contributed by atoms with Gasteiger partial charge in [0.05, 0.1) is 5.54 Å². The highest BCUT2D eigenvalue weighted by Gasteiger charge is 2.46. The van der Waals surface area contributed by atoms with Crippen molar-refractivity contribution in [2.45, 2.75) is 32.2 Å². The van der Waals surface area contributed by atoms with Crippen LogP contribution in [0.2, 0.25) is 0 Å². The van der Waals surface area contributed by atoms with Crippen molar-refractivity contribution in [2.24, 2.45) is 4.99 Å². The van der Waals surface area contributed by atoms with Gasteiger partial charge in [-0.25, -0.2) is 4.79 Å². The summed E-state index contributed by atoms with van der Waals surface area (Å²) in [6.07, 6.45) is 3.50. The number of ether oxygens (including phenoxy) is 2. The first-order valence-corrected chi connectivity index (χ1v) is 5.67. The van der Waals surface area contributed by atoms with Crippen molar-refractivity contribution < 1.29 is 14.3 Å². The van der Waals surface area contributed by atoms with E-state index in [1.165, 1.54) is 0 Å². The van der Waals surface area contributed by atoms with Crippen LogP contribution in [-0.4, -0.2) is 12.9 Å². The van der Waals surface area contributed by atoms with Crippen molar-refractivity contribution in [1.82, 2.24) is 0 Å². The van der Waals surface area contributed by atoms with Crippen LogP contribution in [0, 0.1) is 13.8 Å². The molecule has 0 bridgehead atoms. The third-order valence-corrected chi connectivity index (χ3v) is 3.71. The smallest absolute Gasteiger partial charge is 0.235 e. The molecule has 1 aliphatic heterocycles. The molecule has 4 nitrogen and oxygen atoms in total. The molecule has 0 unspecified atom stereocenters. The molecule has 1 aliphatic carbocycles. The maximum absolute atomic E-state index is 10.5. The van der Waals surface area contributed by atoms with E-state index in [1.807, 2.05) is 19.9 Å². The summed E-state index contributed by atoms with van der Waals surface area (Å²) in [4.78, 5) is 14.5. The molecule has 4 heteroatoms. The number of benzene rings is 1. The van der Waals surface area contributed by atoms with Crippen molar-refractivity contribution >= 4 is 6.08 Å². The molecule has 2 aliphatic rings. The topological polar surface area (TPSA) is 47.9 Å². The lowest BCUT2D eigenvalue weighted by Crippen LogP contribution is -2.06. The zero-order valence-corrected chi connectivity index (χ0v) is 9.87. The molecule has 0 aromatic heterocycles. The summed E-state index contributed by atoms with van der Waals surface area (Å²) >= 11 is 0. The summed E-state index contributed by atoms with van der Waals surface area (Å²) in [5, 5.41) is 0. The molecule has 88 valence electrons. The van der Waals surface area contributed by atoms with Crippen LogP contribution < -0.4 is 9.47 Å². The standard InChI is InChI=1S/C13H13NO3/c1-8-9(2)12-11(16-7-17-12)5-10(8)13(3-4-13)14-6-15/h5H,3-4,7H2,1-2H3. The Labute approximate surface area is 99.3 Å². The SMILES string of the molecule is Cc1c(C2(N=C=O)CC2)cc2c(c1C)OCO2. The van der Waals surface area contributed by atoms with Gasteiger partial charge in [0.2, 0.25) is 12.9 Å².